The van der Waals surface area contributed by atoms with E-state index < -0.39 is 0 Å². The summed E-state index contributed by atoms with van der Waals surface area (Å²) in [6.45, 7) is 6.64. The number of rotatable bonds is 4. The van der Waals surface area contributed by atoms with Crippen LogP contribution in [0.25, 0.3) is 0 Å². The molecule has 1 aromatic rings. The van der Waals surface area contributed by atoms with E-state index in [9.17, 15) is 4.79 Å². The van der Waals surface area contributed by atoms with Crippen LogP contribution in [0.4, 0.5) is 0 Å². The summed E-state index contributed by atoms with van der Waals surface area (Å²) in [5.74, 6) is 1.36. The second-order valence-electron chi connectivity index (χ2n) is 6.80. The Morgan fingerprint density at radius 1 is 1.32 bits per heavy atom. The van der Waals surface area contributed by atoms with Gasteiger partial charge in [-0.3, -0.25) is 0 Å². The van der Waals surface area contributed by atoms with E-state index in [4.69, 9.17) is 10.00 Å². The minimum absolute atomic E-state index is 0.0232. The number of esters is 1. The van der Waals surface area contributed by atoms with Gasteiger partial charge in [-0.1, -0.05) is 39.3 Å². The minimum Gasteiger partial charge on any atom is -0.458 e. The Kier molecular flexibility index (Phi) is 5.60. The first-order valence-electron chi connectivity index (χ1n) is 8.18. The van der Waals surface area contributed by atoms with Gasteiger partial charge in [-0.25, -0.2) is 4.79 Å². The molecule has 0 spiro atoms. The highest BCUT2D eigenvalue weighted by Crippen LogP contribution is 2.35. The molecule has 0 aromatic heterocycles. The van der Waals surface area contributed by atoms with Crippen LogP contribution in [0.15, 0.2) is 24.3 Å². The zero-order chi connectivity index (χ0) is 16.1. The van der Waals surface area contributed by atoms with Gasteiger partial charge in [-0.2, -0.15) is 5.26 Å². The molecule has 3 unspecified atom stereocenters. The standard InChI is InChI=1S/C19H25NO2/c1-13(2)17-9-4-14(3)12-18(17)22-19(21)16-7-5-15(6-8-16)10-11-20/h5-8,13-14,17-18H,4,9-10,12H2,1-3H3. The second-order valence-corrected chi connectivity index (χ2v) is 6.80. The molecule has 0 bridgehead atoms. The summed E-state index contributed by atoms with van der Waals surface area (Å²) in [5.41, 5.74) is 1.49. The van der Waals surface area contributed by atoms with E-state index in [1.807, 2.05) is 12.1 Å². The smallest absolute Gasteiger partial charge is 0.338 e. The maximum atomic E-state index is 12.4. The van der Waals surface area contributed by atoms with Crippen LogP contribution < -0.4 is 0 Å². The maximum absolute atomic E-state index is 12.4. The normalized spacial score (nSPS) is 24.8. The predicted molar refractivity (Wildman–Crippen MR) is 86.3 cm³/mol. The van der Waals surface area contributed by atoms with E-state index in [2.05, 4.69) is 26.8 Å². The molecule has 0 saturated heterocycles. The fraction of sp³-hybridized carbons (Fsp3) is 0.579. The van der Waals surface area contributed by atoms with E-state index >= 15 is 0 Å². The Balaban J connectivity index is 2.04. The van der Waals surface area contributed by atoms with Gasteiger partial charge in [-0.15, -0.1) is 0 Å². The molecule has 0 aliphatic heterocycles. The summed E-state index contributed by atoms with van der Waals surface area (Å²) in [7, 11) is 0. The highest BCUT2D eigenvalue weighted by atomic mass is 16.5. The Bertz CT molecular complexity index is 542. The van der Waals surface area contributed by atoms with Crippen molar-refractivity contribution in [3.05, 3.63) is 35.4 Å². The third-order valence-corrected chi connectivity index (χ3v) is 4.69. The molecule has 1 fully saturated rings. The van der Waals surface area contributed by atoms with Gasteiger partial charge in [0.15, 0.2) is 0 Å². The zero-order valence-corrected chi connectivity index (χ0v) is 13.7. The van der Waals surface area contributed by atoms with Gasteiger partial charge in [0.25, 0.3) is 0 Å². The number of carbonyl (C=O) groups is 1. The Morgan fingerprint density at radius 3 is 2.59 bits per heavy atom. The molecular formula is C19H25NO2. The Labute approximate surface area is 133 Å². The van der Waals surface area contributed by atoms with Crippen LogP contribution in [-0.2, 0) is 11.2 Å². The number of ether oxygens (including phenoxy) is 1. The molecule has 1 saturated carbocycles. The van der Waals surface area contributed by atoms with Gasteiger partial charge >= 0.3 is 5.97 Å². The van der Waals surface area contributed by atoms with E-state index in [1.54, 1.807) is 12.1 Å². The Morgan fingerprint density at radius 2 is 2.00 bits per heavy atom. The van der Waals surface area contributed by atoms with E-state index in [0.717, 1.165) is 18.4 Å². The van der Waals surface area contributed by atoms with E-state index in [1.165, 1.54) is 6.42 Å². The lowest BCUT2D eigenvalue weighted by molar-refractivity contribution is -0.0174. The molecule has 2 rings (SSSR count). The van der Waals surface area contributed by atoms with Crippen molar-refractivity contribution >= 4 is 5.97 Å². The first-order valence-corrected chi connectivity index (χ1v) is 8.18. The second kappa shape index (κ2) is 7.45. The highest BCUT2D eigenvalue weighted by molar-refractivity contribution is 5.89. The molecular weight excluding hydrogens is 274 g/mol. The highest BCUT2D eigenvalue weighted by Gasteiger charge is 2.33. The van der Waals surface area contributed by atoms with Crippen molar-refractivity contribution in [2.75, 3.05) is 0 Å². The van der Waals surface area contributed by atoms with E-state index in [0.29, 0.717) is 29.7 Å². The summed E-state index contributed by atoms with van der Waals surface area (Å²) in [5, 5.41) is 8.68. The van der Waals surface area contributed by atoms with Crippen molar-refractivity contribution in [1.29, 1.82) is 5.26 Å². The zero-order valence-electron chi connectivity index (χ0n) is 13.7. The summed E-state index contributed by atoms with van der Waals surface area (Å²) in [6.07, 6.45) is 3.71. The van der Waals surface area contributed by atoms with Crippen molar-refractivity contribution in [1.82, 2.24) is 0 Å². The number of nitrogens with zero attached hydrogens (tertiary/aromatic N) is 1. The van der Waals surface area contributed by atoms with Crippen molar-refractivity contribution in [2.45, 2.75) is 52.6 Å². The van der Waals surface area contributed by atoms with Crippen LogP contribution in [-0.4, -0.2) is 12.1 Å². The van der Waals surface area contributed by atoms with E-state index in [-0.39, 0.29) is 12.1 Å². The summed E-state index contributed by atoms with van der Waals surface area (Å²) < 4.78 is 5.82. The maximum Gasteiger partial charge on any atom is 0.338 e. The quantitative estimate of drug-likeness (QED) is 0.776. The molecule has 3 nitrogen and oxygen atoms in total. The van der Waals surface area contributed by atoms with Gasteiger partial charge in [0.05, 0.1) is 18.1 Å². The predicted octanol–water partition coefficient (Wildman–Crippen LogP) is 4.37. The number of nitriles is 1. The molecule has 0 radical (unpaired) electrons. The van der Waals surface area contributed by atoms with Crippen molar-refractivity contribution < 1.29 is 9.53 Å². The topological polar surface area (TPSA) is 50.1 Å². The van der Waals surface area contributed by atoms with Gasteiger partial charge in [0.1, 0.15) is 6.10 Å². The molecule has 0 amide bonds. The molecule has 118 valence electrons. The first kappa shape index (κ1) is 16.5. The van der Waals surface area contributed by atoms with Crippen molar-refractivity contribution in [3.8, 4) is 6.07 Å². The first-order chi connectivity index (χ1) is 10.5. The molecule has 1 aliphatic carbocycles. The fourth-order valence-corrected chi connectivity index (χ4v) is 3.31. The molecule has 1 aliphatic rings. The number of hydrogen-bond acceptors (Lipinski definition) is 3. The van der Waals surface area contributed by atoms with Crippen molar-refractivity contribution in [2.24, 2.45) is 17.8 Å². The number of hydrogen-bond donors (Lipinski definition) is 0. The lowest BCUT2D eigenvalue weighted by Gasteiger charge is -2.36. The summed E-state index contributed by atoms with van der Waals surface area (Å²) in [4.78, 5) is 12.4. The molecule has 3 atom stereocenters. The summed E-state index contributed by atoms with van der Waals surface area (Å²) in [6, 6.07) is 9.26. The molecule has 0 N–H and O–H groups in total. The largest absolute Gasteiger partial charge is 0.458 e. The average molecular weight is 299 g/mol. The van der Waals surface area contributed by atoms with Crippen LogP contribution >= 0.6 is 0 Å². The number of carbonyl (C=O) groups excluding carboxylic acids is 1. The molecule has 22 heavy (non-hydrogen) atoms. The van der Waals surface area contributed by atoms with Gasteiger partial charge in [0.2, 0.25) is 0 Å². The van der Waals surface area contributed by atoms with Crippen LogP contribution in [0.3, 0.4) is 0 Å². The monoisotopic (exact) mass is 299 g/mol. The van der Waals surface area contributed by atoms with Crippen LogP contribution in [0, 0.1) is 29.1 Å². The Hall–Kier alpha value is -1.82. The molecule has 0 heterocycles. The van der Waals surface area contributed by atoms with Crippen LogP contribution in [0.1, 0.15) is 56.0 Å². The lowest BCUT2D eigenvalue weighted by Crippen LogP contribution is -2.35. The third kappa shape index (κ3) is 4.10. The molecule has 3 heteroatoms. The third-order valence-electron chi connectivity index (χ3n) is 4.69. The minimum atomic E-state index is -0.242. The van der Waals surface area contributed by atoms with Gasteiger partial charge < -0.3 is 4.74 Å². The SMILES string of the molecule is CC1CCC(C(C)C)C(OC(=O)c2ccc(CC#N)cc2)C1. The van der Waals surface area contributed by atoms with Gasteiger partial charge in [0, 0.05) is 0 Å². The number of benzene rings is 1. The van der Waals surface area contributed by atoms with Crippen LogP contribution in [0.2, 0.25) is 0 Å². The summed E-state index contributed by atoms with van der Waals surface area (Å²) >= 11 is 0. The average Bonchev–Trinajstić information content (AvgIpc) is 2.48. The van der Waals surface area contributed by atoms with Crippen molar-refractivity contribution in [3.63, 3.8) is 0 Å². The molecule has 1 aromatic carbocycles. The van der Waals surface area contributed by atoms with Crippen LogP contribution in [0.5, 0.6) is 0 Å². The van der Waals surface area contributed by atoms with Gasteiger partial charge in [-0.05, 0) is 48.3 Å². The fourth-order valence-electron chi connectivity index (χ4n) is 3.31. The lowest BCUT2D eigenvalue weighted by atomic mass is 9.75.